The Balaban J connectivity index is 1.31. The van der Waals surface area contributed by atoms with E-state index in [9.17, 15) is 0 Å². The second kappa shape index (κ2) is 9.98. The maximum atomic E-state index is 5.46. The lowest BCUT2D eigenvalue weighted by molar-refractivity contribution is 0.415. The van der Waals surface area contributed by atoms with Gasteiger partial charge in [0.15, 0.2) is 15.9 Å². The molecule has 3 aromatic heterocycles. The monoisotopic (exact) mass is 519 g/mol. The summed E-state index contributed by atoms with van der Waals surface area (Å²) in [4.78, 5) is 21.8. The van der Waals surface area contributed by atoms with Crippen LogP contribution in [0, 0.1) is 13.8 Å². The highest BCUT2D eigenvalue weighted by Gasteiger charge is 2.14. The van der Waals surface area contributed by atoms with Crippen LogP contribution in [0.15, 0.2) is 64.4 Å². The van der Waals surface area contributed by atoms with Crippen LogP contribution in [0.3, 0.4) is 0 Å². The van der Waals surface area contributed by atoms with Crippen molar-refractivity contribution in [3.63, 3.8) is 0 Å². The van der Waals surface area contributed by atoms with Crippen LogP contribution in [0.25, 0.3) is 22.4 Å². The van der Waals surface area contributed by atoms with Crippen molar-refractivity contribution in [3.8, 4) is 17.0 Å². The molecule has 176 valence electrons. The zero-order chi connectivity index (χ0) is 24.4. The fourth-order valence-electron chi connectivity index (χ4n) is 3.70. The van der Waals surface area contributed by atoms with Gasteiger partial charge in [-0.15, -0.1) is 11.3 Å². The first-order valence-electron chi connectivity index (χ1n) is 10.6. The van der Waals surface area contributed by atoms with Crippen molar-refractivity contribution < 1.29 is 4.74 Å². The van der Waals surface area contributed by atoms with E-state index >= 15 is 0 Å². The number of aromatic nitrogens is 5. The van der Waals surface area contributed by atoms with Crippen LogP contribution < -0.4 is 15.4 Å². The van der Waals surface area contributed by atoms with Gasteiger partial charge in [0.2, 0.25) is 0 Å². The first-order chi connectivity index (χ1) is 17.0. The smallest absolute Gasteiger partial charge is 0.189 e. The quantitative estimate of drug-likeness (QED) is 0.182. The van der Waals surface area contributed by atoms with E-state index in [1.807, 2.05) is 29.6 Å². The predicted octanol–water partition coefficient (Wildman–Crippen LogP) is 6.06. The minimum absolute atomic E-state index is 0.478. The molecule has 3 N–H and O–H groups in total. The molecule has 0 aliphatic rings. The number of methoxy groups -OCH3 is 1. The number of thiazole rings is 1. The molecule has 8 nitrogen and oxygen atoms in total. The largest absolute Gasteiger partial charge is 0.497 e. The molecule has 0 atom stereocenters. The third-order valence-electron chi connectivity index (χ3n) is 5.24. The highest BCUT2D eigenvalue weighted by atomic mass is 32.2. The number of imidazole rings is 1. The maximum absolute atomic E-state index is 5.46. The Morgan fingerprint density at radius 1 is 1.06 bits per heavy atom. The molecule has 5 rings (SSSR count). The summed E-state index contributed by atoms with van der Waals surface area (Å²) in [5, 5.41) is 10.4. The summed E-state index contributed by atoms with van der Waals surface area (Å²) in [6.07, 6.45) is 3.17. The second-order valence-corrected chi connectivity index (χ2v) is 9.99. The lowest BCUT2D eigenvalue weighted by atomic mass is 10.0. The molecule has 0 aliphatic carbocycles. The van der Waals surface area contributed by atoms with E-state index in [0.717, 1.165) is 54.4 Å². The maximum Gasteiger partial charge on any atom is 0.189 e. The zero-order valence-corrected chi connectivity index (χ0v) is 21.6. The minimum atomic E-state index is 0.478. The first kappa shape index (κ1) is 23.2. The van der Waals surface area contributed by atoms with Gasteiger partial charge in [0, 0.05) is 21.5 Å². The summed E-state index contributed by atoms with van der Waals surface area (Å²) in [6, 6.07) is 11.9. The van der Waals surface area contributed by atoms with Crippen LogP contribution in [0.2, 0.25) is 0 Å². The van der Waals surface area contributed by atoms with E-state index in [1.54, 1.807) is 25.2 Å². The van der Waals surface area contributed by atoms with Gasteiger partial charge in [-0.3, -0.25) is 0 Å². The average Bonchev–Trinajstić information content (AvgIpc) is 3.49. The fourth-order valence-corrected chi connectivity index (χ4v) is 5.73. The number of ether oxygens (including phenoxy) is 1. The number of thiocarbonyl (C=S) groups is 1. The van der Waals surface area contributed by atoms with Gasteiger partial charge in [0.05, 0.1) is 19.1 Å². The number of nitrogens with zero attached hydrogens (tertiary/aromatic N) is 4. The van der Waals surface area contributed by atoms with Crippen LogP contribution in [0.1, 0.15) is 11.1 Å². The van der Waals surface area contributed by atoms with Crippen molar-refractivity contribution in [2.75, 3.05) is 17.7 Å². The third kappa shape index (κ3) is 5.11. The lowest BCUT2D eigenvalue weighted by Gasteiger charge is -2.11. The van der Waals surface area contributed by atoms with Crippen LogP contribution in [-0.2, 0) is 0 Å². The zero-order valence-electron chi connectivity index (χ0n) is 19.1. The van der Waals surface area contributed by atoms with E-state index in [2.05, 4.69) is 56.5 Å². The Hall–Kier alpha value is -3.54. The number of fused-ring (bicyclic) bond motifs is 1. The van der Waals surface area contributed by atoms with Crippen molar-refractivity contribution >= 4 is 62.4 Å². The molecule has 0 radical (unpaired) electrons. The molecule has 0 unspecified atom stereocenters. The molecule has 35 heavy (non-hydrogen) atoms. The molecule has 0 fully saturated rings. The number of H-pyrrole nitrogens is 1. The standard InChI is InChI=1S/C24H21N7OS3/c1-13-8-17(35-22-20-21(26-11-25-20)27-12-28-22)9-14(2)19(13)18-10-34-24(30-18)31-23(33)29-15-4-6-16(32-3)7-5-15/h4-12H,1-3H3,(H,25,26,27,28)(H2,29,30,31,33). The molecule has 0 aliphatic heterocycles. The van der Waals surface area contributed by atoms with Gasteiger partial charge < -0.3 is 20.4 Å². The molecule has 0 bridgehead atoms. The third-order valence-corrected chi connectivity index (χ3v) is 7.17. The number of hydrogen-bond donors (Lipinski definition) is 3. The van der Waals surface area contributed by atoms with Crippen molar-refractivity contribution in [2.24, 2.45) is 0 Å². The Kier molecular flexibility index (Phi) is 6.62. The SMILES string of the molecule is COc1ccc(NC(=S)Nc2nc(-c3c(C)cc(Sc4ncnc5nc[nH]c45)cc3C)cs2)cc1. The van der Waals surface area contributed by atoms with Gasteiger partial charge >= 0.3 is 0 Å². The Bertz CT molecular complexity index is 1490. The molecule has 0 amide bonds. The molecular formula is C24H21N7OS3. The number of rotatable bonds is 6. The number of aryl methyl sites for hydroxylation is 2. The van der Waals surface area contributed by atoms with Crippen LogP contribution >= 0.6 is 35.3 Å². The minimum Gasteiger partial charge on any atom is -0.497 e. The molecule has 0 spiro atoms. The Morgan fingerprint density at radius 2 is 1.83 bits per heavy atom. The number of aromatic amines is 1. The van der Waals surface area contributed by atoms with Crippen molar-refractivity contribution in [3.05, 3.63) is 65.6 Å². The summed E-state index contributed by atoms with van der Waals surface area (Å²) in [7, 11) is 1.64. The molecule has 11 heteroatoms. The van der Waals surface area contributed by atoms with E-state index in [4.69, 9.17) is 21.9 Å². The number of hydrogen-bond acceptors (Lipinski definition) is 8. The summed E-state index contributed by atoms with van der Waals surface area (Å²) < 4.78 is 5.19. The highest BCUT2D eigenvalue weighted by Crippen LogP contribution is 2.36. The average molecular weight is 520 g/mol. The number of anilines is 2. The molecule has 3 heterocycles. The molecular weight excluding hydrogens is 499 g/mol. The summed E-state index contributed by atoms with van der Waals surface area (Å²) >= 11 is 8.55. The highest BCUT2D eigenvalue weighted by molar-refractivity contribution is 7.99. The second-order valence-electron chi connectivity index (χ2n) is 7.66. The lowest BCUT2D eigenvalue weighted by Crippen LogP contribution is -2.18. The number of benzene rings is 2. The fraction of sp³-hybridized carbons (Fsp3) is 0.125. The van der Waals surface area contributed by atoms with Crippen molar-refractivity contribution in [1.29, 1.82) is 0 Å². The topological polar surface area (TPSA) is 101 Å². The Labute approximate surface area is 215 Å². The molecule has 0 saturated carbocycles. The van der Waals surface area contributed by atoms with Gasteiger partial charge in [-0.25, -0.2) is 19.9 Å². The van der Waals surface area contributed by atoms with Crippen molar-refractivity contribution in [2.45, 2.75) is 23.8 Å². The van der Waals surface area contributed by atoms with E-state index in [0.29, 0.717) is 10.8 Å². The van der Waals surface area contributed by atoms with Gasteiger partial charge in [-0.1, -0.05) is 11.8 Å². The normalized spacial score (nSPS) is 10.9. The van der Waals surface area contributed by atoms with Gasteiger partial charge in [0.25, 0.3) is 0 Å². The predicted molar refractivity (Wildman–Crippen MR) is 146 cm³/mol. The van der Waals surface area contributed by atoms with E-state index < -0.39 is 0 Å². The van der Waals surface area contributed by atoms with Gasteiger partial charge in [0.1, 0.15) is 22.6 Å². The summed E-state index contributed by atoms with van der Waals surface area (Å²) in [5.74, 6) is 0.792. The molecule has 2 aromatic carbocycles. The van der Waals surface area contributed by atoms with Crippen LogP contribution in [-0.4, -0.2) is 37.1 Å². The summed E-state index contributed by atoms with van der Waals surface area (Å²) in [5.41, 5.74) is 6.67. The summed E-state index contributed by atoms with van der Waals surface area (Å²) in [6.45, 7) is 4.20. The van der Waals surface area contributed by atoms with Gasteiger partial charge in [-0.2, -0.15) is 0 Å². The van der Waals surface area contributed by atoms with Gasteiger partial charge in [-0.05, 0) is 73.6 Å². The van der Waals surface area contributed by atoms with Crippen LogP contribution in [0.4, 0.5) is 10.8 Å². The number of nitrogens with one attached hydrogen (secondary N) is 3. The van der Waals surface area contributed by atoms with Crippen LogP contribution in [0.5, 0.6) is 5.75 Å². The molecule has 5 aromatic rings. The first-order valence-corrected chi connectivity index (χ1v) is 12.7. The van der Waals surface area contributed by atoms with E-state index in [-0.39, 0.29) is 0 Å². The van der Waals surface area contributed by atoms with E-state index in [1.165, 1.54) is 17.7 Å². The molecule has 0 saturated heterocycles. The van der Waals surface area contributed by atoms with Crippen molar-refractivity contribution in [1.82, 2.24) is 24.9 Å². The Morgan fingerprint density at radius 3 is 2.57 bits per heavy atom.